The summed E-state index contributed by atoms with van der Waals surface area (Å²) in [5, 5.41) is 3.30. The Bertz CT molecular complexity index is 925. The summed E-state index contributed by atoms with van der Waals surface area (Å²) >= 11 is 0. The van der Waals surface area contributed by atoms with Crippen molar-refractivity contribution in [3.8, 4) is 0 Å². The Balaban J connectivity index is 1.48. The second kappa shape index (κ2) is 7.18. The van der Waals surface area contributed by atoms with Gasteiger partial charge in [-0.1, -0.05) is 6.07 Å². The first-order valence-corrected chi connectivity index (χ1v) is 10.6. The average Bonchev–Trinajstić information content (AvgIpc) is 3.04. The average molecular weight is 390 g/mol. The number of likely N-dealkylation sites (N-methyl/N-ethyl adjacent to an activating group) is 1. The molecule has 1 atom stereocenters. The maximum absolute atomic E-state index is 13.5. The summed E-state index contributed by atoms with van der Waals surface area (Å²) in [6.45, 7) is 2.43. The van der Waals surface area contributed by atoms with Crippen LogP contribution in [-0.4, -0.2) is 55.8 Å². The highest BCUT2D eigenvalue weighted by atomic mass is 32.2. The van der Waals surface area contributed by atoms with Crippen molar-refractivity contribution in [3.63, 3.8) is 0 Å². The molecular formula is C19H23FN4O2S. The number of benzene rings is 1. The van der Waals surface area contributed by atoms with E-state index in [-0.39, 0.29) is 16.8 Å². The SMILES string of the molecule is CN1CCN(S(=O)(=O)c2ccc(NC3CCc4ccc(F)cc43)nc2)CC1. The molecule has 144 valence electrons. The van der Waals surface area contributed by atoms with E-state index >= 15 is 0 Å². The number of nitrogens with zero attached hydrogens (tertiary/aromatic N) is 3. The fraction of sp³-hybridized carbons (Fsp3) is 0.421. The standard InChI is InChI=1S/C19H23FN4O2S/c1-23-8-10-24(11-9-23)27(25,26)16-5-7-19(21-13-16)22-18-6-3-14-2-4-15(20)12-17(14)18/h2,4-5,7,12-13,18H,3,6,8-11H2,1H3,(H,21,22). The van der Waals surface area contributed by atoms with E-state index in [0.29, 0.717) is 18.9 Å². The predicted molar refractivity (Wildman–Crippen MR) is 102 cm³/mol. The minimum atomic E-state index is -3.52. The lowest BCUT2D eigenvalue weighted by molar-refractivity contribution is 0.222. The van der Waals surface area contributed by atoms with Crippen LogP contribution in [0, 0.1) is 5.82 Å². The summed E-state index contributed by atoms with van der Waals surface area (Å²) < 4.78 is 40.6. The Hall–Kier alpha value is -2.03. The number of aromatic nitrogens is 1. The third kappa shape index (κ3) is 3.69. The molecule has 0 bridgehead atoms. The molecule has 1 saturated heterocycles. The second-order valence-electron chi connectivity index (χ2n) is 7.17. The van der Waals surface area contributed by atoms with E-state index in [1.165, 1.54) is 16.6 Å². The van der Waals surface area contributed by atoms with Crippen molar-refractivity contribution >= 4 is 15.8 Å². The zero-order chi connectivity index (χ0) is 19.0. The lowest BCUT2D eigenvalue weighted by Crippen LogP contribution is -2.47. The maximum atomic E-state index is 13.5. The van der Waals surface area contributed by atoms with Crippen LogP contribution >= 0.6 is 0 Å². The van der Waals surface area contributed by atoms with Gasteiger partial charge in [-0.2, -0.15) is 4.31 Å². The molecule has 1 aliphatic heterocycles. The third-order valence-electron chi connectivity index (χ3n) is 5.34. The highest BCUT2D eigenvalue weighted by Gasteiger charge is 2.28. The van der Waals surface area contributed by atoms with Gasteiger partial charge in [-0.25, -0.2) is 17.8 Å². The van der Waals surface area contributed by atoms with Crippen molar-refractivity contribution in [2.24, 2.45) is 0 Å². The molecular weight excluding hydrogens is 367 g/mol. The molecule has 1 fully saturated rings. The van der Waals surface area contributed by atoms with Crippen LogP contribution in [0.5, 0.6) is 0 Å². The van der Waals surface area contributed by atoms with Gasteiger partial charge in [-0.15, -0.1) is 0 Å². The molecule has 2 heterocycles. The second-order valence-corrected chi connectivity index (χ2v) is 9.10. The monoisotopic (exact) mass is 390 g/mol. The Morgan fingerprint density at radius 1 is 1.15 bits per heavy atom. The van der Waals surface area contributed by atoms with Gasteiger partial charge in [-0.05, 0) is 55.3 Å². The molecule has 2 aromatic rings. The molecule has 4 rings (SSSR count). The van der Waals surface area contributed by atoms with Crippen molar-refractivity contribution < 1.29 is 12.8 Å². The van der Waals surface area contributed by atoms with Crippen LogP contribution in [0.1, 0.15) is 23.6 Å². The number of halogens is 1. The maximum Gasteiger partial charge on any atom is 0.244 e. The molecule has 0 spiro atoms. The van der Waals surface area contributed by atoms with Crippen molar-refractivity contribution in [2.45, 2.75) is 23.8 Å². The highest BCUT2D eigenvalue weighted by molar-refractivity contribution is 7.89. The topological polar surface area (TPSA) is 65.5 Å². The minimum Gasteiger partial charge on any atom is -0.363 e. The number of piperazine rings is 1. The van der Waals surface area contributed by atoms with Crippen LogP contribution in [0.4, 0.5) is 10.2 Å². The summed E-state index contributed by atoms with van der Waals surface area (Å²) in [6, 6.07) is 8.13. The number of pyridine rings is 1. The number of hydrogen-bond donors (Lipinski definition) is 1. The molecule has 1 N–H and O–H groups in total. The Labute approximate surface area is 159 Å². The van der Waals surface area contributed by atoms with Gasteiger partial charge in [0.2, 0.25) is 10.0 Å². The lowest BCUT2D eigenvalue weighted by atomic mass is 10.1. The summed E-state index contributed by atoms with van der Waals surface area (Å²) in [6.07, 6.45) is 3.16. The molecule has 2 aliphatic rings. The van der Waals surface area contributed by atoms with Crippen LogP contribution < -0.4 is 5.32 Å². The van der Waals surface area contributed by atoms with E-state index in [2.05, 4.69) is 15.2 Å². The van der Waals surface area contributed by atoms with E-state index in [1.807, 2.05) is 13.1 Å². The Kier molecular flexibility index (Phi) is 4.88. The number of fused-ring (bicyclic) bond motifs is 1. The van der Waals surface area contributed by atoms with E-state index in [9.17, 15) is 12.8 Å². The molecule has 0 radical (unpaired) electrons. The minimum absolute atomic E-state index is 0.0108. The van der Waals surface area contributed by atoms with Crippen LogP contribution in [0.2, 0.25) is 0 Å². The number of nitrogens with one attached hydrogen (secondary N) is 1. The largest absolute Gasteiger partial charge is 0.363 e. The molecule has 6 nitrogen and oxygen atoms in total. The van der Waals surface area contributed by atoms with Gasteiger partial charge in [0.25, 0.3) is 0 Å². The zero-order valence-electron chi connectivity index (χ0n) is 15.2. The number of aryl methyl sites for hydroxylation is 1. The first-order chi connectivity index (χ1) is 12.9. The Morgan fingerprint density at radius 2 is 1.93 bits per heavy atom. The summed E-state index contributed by atoms with van der Waals surface area (Å²) in [4.78, 5) is 6.61. The quantitative estimate of drug-likeness (QED) is 0.868. The smallest absolute Gasteiger partial charge is 0.244 e. The molecule has 1 aromatic carbocycles. The van der Waals surface area contributed by atoms with Crippen molar-refractivity contribution in [1.29, 1.82) is 0 Å². The van der Waals surface area contributed by atoms with Crippen LogP contribution in [0.3, 0.4) is 0 Å². The van der Waals surface area contributed by atoms with Crippen LogP contribution in [0.25, 0.3) is 0 Å². The fourth-order valence-corrected chi connectivity index (χ4v) is 5.07. The number of hydrogen-bond acceptors (Lipinski definition) is 5. The van der Waals surface area contributed by atoms with E-state index < -0.39 is 10.0 Å². The first-order valence-electron chi connectivity index (χ1n) is 9.13. The normalized spacial score (nSPS) is 21.2. The molecule has 0 saturated carbocycles. The molecule has 27 heavy (non-hydrogen) atoms. The van der Waals surface area contributed by atoms with E-state index in [0.717, 1.165) is 37.1 Å². The van der Waals surface area contributed by atoms with Crippen LogP contribution in [0.15, 0.2) is 41.4 Å². The summed E-state index contributed by atoms with van der Waals surface area (Å²) in [5.74, 6) is 0.346. The highest BCUT2D eigenvalue weighted by Crippen LogP contribution is 2.34. The predicted octanol–water partition coefficient (Wildman–Crippen LogP) is 2.26. The van der Waals surface area contributed by atoms with E-state index in [1.54, 1.807) is 18.2 Å². The van der Waals surface area contributed by atoms with Gasteiger partial charge in [0.1, 0.15) is 16.5 Å². The molecule has 1 aromatic heterocycles. The molecule has 1 aliphatic carbocycles. The van der Waals surface area contributed by atoms with E-state index in [4.69, 9.17) is 0 Å². The first kappa shape index (κ1) is 18.3. The number of anilines is 1. The van der Waals surface area contributed by atoms with Crippen molar-refractivity contribution in [3.05, 3.63) is 53.5 Å². The van der Waals surface area contributed by atoms with Crippen molar-refractivity contribution in [2.75, 3.05) is 38.5 Å². The van der Waals surface area contributed by atoms with Gasteiger partial charge < -0.3 is 10.2 Å². The molecule has 8 heteroatoms. The van der Waals surface area contributed by atoms with Gasteiger partial charge >= 0.3 is 0 Å². The fourth-order valence-electron chi connectivity index (χ4n) is 3.70. The van der Waals surface area contributed by atoms with Gasteiger partial charge in [0.05, 0.1) is 6.04 Å². The zero-order valence-corrected chi connectivity index (χ0v) is 16.0. The molecule has 0 amide bonds. The number of sulfonamides is 1. The molecule has 1 unspecified atom stereocenters. The van der Waals surface area contributed by atoms with Gasteiger partial charge in [-0.3, -0.25) is 0 Å². The Morgan fingerprint density at radius 3 is 2.63 bits per heavy atom. The third-order valence-corrected chi connectivity index (χ3v) is 7.23. The van der Waals surface area contributed by atoms with Gasteiger partial charge in [0.15, 0.2) is 0 Å². The van der Waals surface area contributed by atoms with Crippen LogP contribution in [-0.2, 0) is 16.4 Å². The van der Waals surface area contributed by atoms with Crippen molar-refractivity contribution in [1.82, 2.24) is 14.2 Å². The summed E-state index contributed by atoms with van der Waals surface area (Å²) in [5.41, 5.74) is 2.09. The summed E-state index contributed by atoms with van der Waals surface area (Å²) in [7, 11) is -1.53. The van der Waals surface area contributed by atoms with Gasteiger partial charge in [0, 0.05) is 32.4 Å². The number of rotatable bonds is 4. The lowest BCUT2D eigenvalue weighted by Gasteiger charge is -2.31.